The number of rotatable bonds is 6. The molecule has 0 bridgehead atoms. The quantitative estimate of drug-likeness (QED) is 0.751. The summed E-state index contributed by atoms with van der Waals surface area (Å²) in [6.07, 6.45) is 0.291. The minimum Gasteiger partial charge on any atom is -0.494 e. The highest BCUT2D eigenvalue weighted by atomic mass is 16.5. The number of imide groups is 2. The number of benzene rings is 1. The van der Waals surface area contributed by atoms with Crippen molar-refractivity contribution in [2.24, 2.45) is 0 Å². The van der Waals surface area contributed by atoms with Crippen LogP contribution < -0.4 is 4.74 Å². The van der Waals surface area contributed by atoms with E-state index >= 15 is 0 Å². The van der Waals surface area contributed by atoms with Crippen LogP contribution in [0.2, 0.25) is 0 Å². The van der Waals surface area contributed by atoms with Gasteiger partial charge in [-0.3, -0.25) is 19.4 Å². The summed E-state index contributed by atoms with van der Waals surface area (Å²) >= 11 is 0. The van der Waals surface area contributed by atoms with Crippen LogP contribution >= 0.6 is 0 Å². The molecule has 1 fully saturated rings. The van der Waals surface area contributed by atoms with Gasteiger partial charge in [-0.2, -0.15) is 0 Å². The van der Waals surface area contributed by atoms with Crippen molar-refractivity contribution in [3.8, 4) is 5.75 Å². The number of hydrogen-bond donors (Lipinski definition) is 0. The Bertz CT molecular complexity index is 613. The topological polar surface area (TPSA) is 66.9 Å². The highest BCUT2D eigenvalue weighted by molar-refractivity contribution is 6.22. The summed E-state index contributed by atoms with van der Waals surface area (Å²) < 4.78 is 5.43. The number of ether oxygens (including phenoxy) is 1. The van der Waals surface area contributed by atoms with Gasteiger partial charge in [0.05, 0.1) is 6.61 Å². The van der Waals surface area contributed by atoms with Gasteiger partial charge < -0.3 is 4.74 Å². The molecule has 4 amide bonds. The molecule has 1 aromatic rings. The van der Waals surface area contributed by atoms with Crippen molar-refractivity contribution in [1.82, 2.24) is 9.80 Å². The maximum Gasteiger partial charge on any atom is 0.333 e. The van der Waals surface area contributed by atoms with Crippen LogP contribution in [-0.2, 0) is 15.0 Å². The van der Waals surface area contributed by atoms with Crippen molar-refractivity contribution in [3.05, 3.63) is 29.8 Å². The van der Waals surface area contributed by atoms with Gasteiger partial charge in [-0.1, -0.05) is 19.1 Å². The molecule has 1 saturated heterocycles. The lowest BCUT2D eigenvalue weighted by atomic mass is 9.74. The number of amides is 4. The zero-order valence-corrected chi connectivity index (χ0v) is 14.7. The van der Waals surface area contributed by atoms with E-state index in [1.165, 1.54) is 0 Å². The summed E-state index contributed by atoms with van der Waals surface area (Å²) in [7, 11) is 0. The van der Waals surface area contributed by atoms with Crippen LogP contribution in [-0.4, -0.2) is 47.3 Å². The molecule has 6 nitrogen and oxygen atoms in total. The van der Waals surface area contributed by atoms with E-state index in [9.17, 15) is 14.4 Å². The third kappa shape index (κ3) is 2.56. The molecule has 0 aliphatic carbocycles. The first kappa shape index (κ1) is 18.0. The average Bonchev–Trinajstić information content (AvgIpc) is 2.58. The van der Waals surface area contributed by atoms with E-state index in [2.05, 4.69) is 0 Å². The standard InChI is InChI=1S/C18H24N2O4/c1-5-18(13-9-11-14(12-10-13)24-8-4)15(21)19(6-2)17(23)20(7-3)16(18)22/h9-12H,5-8H2,1-4H3. The molecule has 2 rings (SSSR count). The molecular weight excluding hydrogens is 308 g/mol. The number of hydrogen-bond acceptors (Lipinski definition) is 4. The van der Waals surface area contributed by atoms with Crippen LogP contribution in [0.3, 0.4) is 0 Å². The molecule has 0 unspecified atom stereocenters. The van der Waals surface area contributed by atoms with Crippen molar-refractivity contribution in [2.45, 2.75) is 39.5 Å². The Morgan fingerprint density at radius 2 is 1.38 bits per heavy atom. The number of likely N-dealkylation sites (N-methyl/N-ethyl adjacent to an activating group) is 2. The summed E-state index contributed by atoms with van der Waals surface area (Å²) in [5.74, 6) is -0.216. The van der Waals surface area contributed by atoms with Gasteiger partial charge in [0, 0.05) is 13.1 Å². The monoisotopic (exact) mass is 332 g/mol. The highest BCUT2D eigenvalue weighted by Gasteiger charge is 2.56. The summed E-state index contributed by atoms with van der Waals surface area (Å²) in [6.45, 7) is 8.16. The molecule has 1 aromatic carbocycles. The lowest BCUT2D eigenvalue weighted by Gasteiger charge is -2.43. The Hall–Kier alpha value is -2.37. The van der Waals surface area contributed by atoms with Crippen molar-refractivity contribution < 1.29 is 19.1 Å². The zero-order valence-electron chi connectivity index (χ0n) is 14.7. The lowest BCUT2D eigenvalue weighted by Crippen LogP contribution is -2.66. The minimum absolute atomic E-state index is 0.236. The van der Waals surface area contributed by atoms with Gasteiger partial charge >= 0.3 is 6.03 Å². The van der Waals surface area contributed by atoms with Crippen LogP contribution in [0.25, 0.3) is 0 Å². The third-order valence-corrected chi connectivity index (χ3v) is 4.50. The normalized spacial score (nSPS) is 17.4. The first-order valence-electron chi connectivity index (χ1n) is 8.39. The fraction of sp³-hybridized carbons (Fsp3) is 0.500. The molecule has 1 aliphatic rings. The second kappa shape index (κ2) is 7.03. The molecule has 0 atom stereocenters. The fourth-order valence-corrected chi connectivity index (χ4v) is 3.19. The van der Waals surface area contributed by atoms with Crippen molar-refractivity contribution in [2.75, 3.05) is 19.7 Å². The predicted octanol–water partition coefficient (Wildman–Crippen LogP) is 2.56. The van der Waals surface area contributed by atoms with Gasteiger partial charge in [-0.15, -0.1) is 0 Å². The average molecular weight is 332 g/mol. The summed E-state index contributed by atoms with van der Waals surface area (Å²) in [5, 5.41) is 0. The van der Waals surface area contributed by atoms with Crippen LogP contribution in [0.4, 0.5) is 4.79 Å². The van der Waals surface area contributed by atoms with Gasteiger partial charge in [0.2, 0.25) is 0 Å². The Labute approximate surface area is 142 Å². The molecule has 130 valence electrons. The smallest absolute Gasteiger partial charge is 0.333 e. The van der Waals surface area contributed by atoms with Crippen molar-refractivity contribution >= 4 is 17.8 Å². The van der Waals surface area contributed by atoms with Crippen LogP contribution in [0.15, 0.2) is 24.3 Å². The van der Waals surface area contributed by atoms with Gasteiger partial charge in [0.1, 0.15) is 5.75 Å². The number of carbonyl (C=O) groups is 3. The summed E-state index contributed by atoms with van der Waals surface area (Å²) in [5.41, 5.74) is -0.766. The third-order valence-electron chi connectivity index (χ3n) is 4.50. The van der Waals surface area contributed by atoms with E-state index in [1.807, 2.05) is 6.92 Å². The Morgan fingerprint density at radius 3 is 1.75 bits per heavy atom. The maximum atomic E-state index is 13.0. The molecule has 1 aliphatic heterocycles. The summed E-state index contributed by atoms with van der Waals surface area (Å²) in [6, 6.07) is 6.44. The van der Waals surface area contributed by atoms with Crippen molar-refractivity contribution in [1.29, 1.82) is 0 Å². The largest absolute Gasteiger partial charge is 0.494 e. The zero-order chi connectivity index (χ0) is 17.9. The summed E-state index contributed by atoms with van der Waals surface area (Å²) in [4.78, 5) is 40.7. The first-order chi connectivity index (χ1) is 11.5. The Morgan fingerprint density at radius 1 is 0.875 bits per heavy atom. The Balaban J connectivity index is 2.56. The van der Waals surface area contributed by atoms with E-state index in [1.54, 1.807) is 45.0 Å². The second-order valence-corrected chi connectivity index (χ2v) is 5.60. The number of urea groups is 1. The number of barbiturate groups is 1. The predicted molar refractivity (Wildman–Crippen MR) is 89.8 cm³/mol. The molecule has 6 heteroatoms. The number of nitrogens with zero attached hydrogens (tertiary/aromatic N) is 2. The van der Waals surface area contributed by atoms with E-state index in [-0.39, 0.29) is 13.1 Å². The SMILES string of the molecule is CCOc1ccc(C2(CC)C(=O)N(CC)C(=O)N(CC)C2=O)cc1. The molecule has 0 N–H and O–H groups in total. The second-order valence-electron chi connectivity index (χ2n) is 5.60. The Kier molecular flexibility index (Phi) is 5.26. The van der Waals surface area contributed by atoms with E-state index < -0.39 is 23.3 Å². The van der Waals surface area contributed by atoms with E-state index in [4.69, 9.17) is 4.74 Å². The molecule has 0 saturated carbocycles. The number of carbonyl (C=O) groups excluding carboxylic acids is 3. The molecular formula is C18H24N2O4. The van der Waals surface area contributed by atoms with Gasteiger partial charge in [-0.05, 0) is 44.9 Å². The van der Waals surface area contributed by atoms with Crippen LogP contribution in [0, 0.1) is 0 Å². The molecule has 0 spiro atoms. The minimum atomic E-state index is -1.36. The van der Waals surface area contributed by atoms with Crippen molar-refractivity contribution in [3.63, 3.8) is 0 Å². The van der Waals surface area contributed by atoms with E-state index in [0.717, 1.165) is 9.80 Å². The van der Waals surface area contributed by atoms with Crippen LogP contribution in [0.5, 0.6) is 5.75 Å². The molecule has 0 aromatic heterocycles. The fourth-order valence-electron chi connectivity index (χ4n) is 3.19. The van der Waals surface area contributed by atoms with Gasteiger partial charge in [0.15, 0.2) is 5.41 Å². The molecule has 24 heavy (non-hydrogen) atoms. The lowest BCUT2D eigenvalue weighted by molar-refractivity contribution is -0.152. The highest BCUT2D eigenvalue weighted by Crippen LogP contribution is 2.37. The van der Waals surface area contributed by atoms with Crippen LogP contribution in [0.1, 0.15) is 39.7 Å². The molecule has 0 radical (unpaired) electrons. The van der Waals surface area contributed by atoms with E-state index in [0.29, 0.717) is 24.3 Å². The van der Waals surface area contributed by atoms with Gasteiger partial charge in [0.25, 0.3) is 11.8 Å². The van der Waals surface area contributed by atoms with Gasteiger partial charge in [-0.25, -0.2) is 4.79 Å². The maximum absolute atomic E-state index is 13.0. The molecule has 1 heterocycles. The first-order valence-corrected chi connectivity index (χ1v) is 8.39.